The Balaban J connectivity index is 1.88. The lowest BCUT2D eigenvalue weighted by molar-refractivity contribution is 0.0972. The lowest BCUT2D eigenvalue weighted by Gasteiger charge is -2.35. The monoisotopic (exact) mass is 219 g/mol. The smallest absolute Gasteiger partial charge is 0.0838 e. The minimum atomic E-state index is 0.234. The number of hydrogen-bond donors (Lipinski definition) is 0. The van der Waals surface area contributed by atoms with Gasteiger partial charge in [-0.15, -0.1) is 0 Å². The summed E-state index contributed by atoms with van der Waals surface area (Å²) >= 11 is 0. The molecule has 1 saturated carbocycles. The summed E-state index contributed by atoms with van der Waals surface area (Å²) in [7, 11) is 0. The average Bonchev–Trinajstić information content (AvgIpc) is 2.85. The lowest BCUT2D eigenvalue weighted by atomic mass is 10.1. The van der Waals surface area contributed by atoms with Gasteiger partial charge in [-0.25, -0.2) is 0 Å². The number of aromatic nitrogens is 2. The first-order chi connectivity index (χ1) is 7.47. The van der Waals surface area contributed by atoms with E-state index in [1.807, 2.05) is 0 Å². The Morgan fingerprint density at radius 1 is 1.31 bits per heavy atom. The van der Waals surface area contributed by atoms with Crippen molar-refractivity contribution in [3.63, 3.8) is 0 Å². The van der Waals surface area contributed by atoms with Gasteiger partial charge in [0.25, 0.3) is 0 Å². The van der Waals surface area contributed by atoms with Crippen LogP contribution in [0.15, 0.2) is 6.20 Å². The lowest BCUT2D eigenvalue weighted by Crippen LogP contribution is -2.39. The van der Waals surface area contributed by atoms with Crippen LogP contribution in [0.3, 0.4) is 0 Å². The predicted molar refractivity (Wildman–Crippen MR) is 64.2 cm³/mol. The maximum Gasteiger partial charge on any atom is 0.0838 e. The van der Waals surface area contributed by atoms with Gasteiger partial charge in [-0.3, -0.25) is 9.58 Å². The molecule has 2 heterocycles. The molecule has 3 heteroatoms. The standard InChI is InChI=1S/C13H21N3/c1-9-12-10(7-15(9)13(2,3)4)8-16(14-12)11-5-6-11/h8-9,11H,5-7H2,1-4H3/t9-/m0/s1. The van der Waals surface area contributed by atoms with Gasteiger partial charge in [0.2, 0.25) is 0 Å². The second-order valence-corrected chi connectivity index (χ2v) is 6.23. The predicted octanol–water partition coefficient (Wildman–Crippen LogP) is 2.89. The largest absolute Gasteiger partial charge is 0.286 e. The highest BCUT2D eigenvalue weighted by molar-refractivity contribution is 5.26. The van der Waals surface area contributed by atoms with Crippen molar-refractivity contribution in [1.29, 1.82) is 0 Å². The van der Waals surface area contributed by atoms with Crippen LogP contribution in [0.1, 0.15) is 63.9 Å². The average molecular weight is 219 g/mol. The van der Waals surface area contributed by atoms with Crippen molar-refractivity contribution in [1.82, 2.24) is 14.7 Å². The fourth-order valence-electron chi connectivity index (χ4n) is 2.73. The van der Waals surface area contributed by atoms with Crippen molar-refractivity contribution in [3.8, 4) is 0 Å². The molecule has 0 N–H and O–H groups in total. The van der Waals surface area contributed by atoms with Crippen LogP contribution in [0.2, 0.25) is 0 Å². The Morgan fingerprint density at radius 2 is 2.00 bits per heavy atom. The molecule has 0 unspecified atom stereocenters. The van der Waals surface area contributed by atoms with Gasteiger partial charge in [0.1, 0.15) is 0 Å². The fraction of sp³-hybridized carbons (Fsp3) is 0.769. The molecule has 3 rings (SSSR count). The van der Waals surface area contributed by atoms with Crippen LogP contribution in [0.4, 0.5) is 0 Å². The van der Waals surface area contributed by atoms with Crippen molar-refractivity contribution in [2.45, 2.75) is 64.7 Å². The molecular formula is C13H21N3. The van der Waals surface area contributed by atoms with Crippen molar-refractivity contribution >= 4 is 0 Å². The minimum Gasteiger partial charge on any atom is -0.286 e. The highest BCUT2D eigenvalue weighted by Crippen LogP contribution is 2.40. The number of fused-ring (bicyclic) bond motifs is 1. The molecule has 16 heavy (non-hydrogen) atoms. The van der Waals surface area contributed by atoms with Gasteiger partial charge < -0.3 is 0 Å². The van der Waals surface area contributed by atoms with E-state index in [1.54, 1.807) is 0 Å². The Bertz CT molecular complexity index is 409. The maximum absolute atomic E-state index is 4.77. The molecule has 0 aromatic carbocycles. The third-order valence-corrected chi connectivity index (χ3v) is 3.83. The van der Waals surface area contributed by atoms with E-state index in [0.29, 0.717) is 12.1 Å². The van der Waals surface area contributed by atoms with Crippen LogP contribution in [0.25, 0.3) is 0 Å². The van der Waals surface area contributed by atoms with Gasteiger partial charge in [0, 0.05) is 23.8 Å². The first kappa shape index (κ1) is 10.3. The maximum atomic E-state index is 4.77. The number of nitrogens with zero attached hydrogens (tertiary/aromatic N) is 3. The fourth-order valence-corrected chi connectivity index (χ4v) is 2.73. The summed E-state index contributed by atoms with van der Waals surface area (Å²) in [5.41, 5.74) is 2.98. The topological polar surface area (TPSA) is 21.1 Å². The van der Waals surface area contributed by atoms with E-state index in [4.69, 9.17) is 5.10 Å². The van der Waals surface area contributed by atoms with Gasteiger partial charge in [-0.1, -0.05) is 0 Å². The van der Waals surface area contributed by atoms with Crippen molar-refractivity contribution in [3.05, 3.63) is 17.5 Å². The zero-order valence-corrected chi connectivity index (χ0v) is 10.7. The molecule has 1 aliphatic carbocycles. The number of hydrogen-bond acceptors (Lipinski definition) is 2. The molecule has 0 saturated heterocycles. The van der Waals surface area contributed by atoms with Gasteiger partial charge in [0.15, 0.2) is 0 Å². The highest BCUT2D eigenvalue weighted by atomic mass is 15.3. The third kappa shape index (κ3) is 1.49. The Labute approximate surface area is 97.4 Å². The number of rotatable bonds is 1. The molecule has 2 aliphatic rings. The van der Waals surface area contributed by atoms with E-state index in [1.165, 1.54) is 24.1 Å². The molecule has 3 nitrogen and oxygen atoms in total. The molecule has 1 fully saturated rings. The van der Waals surface area contributed by atoms with Crippen molar-refractivity contribution in [2.24, 2.45) is 0 Å². The Hall–Kier alpha value is -0.830. The van der Waals surface area contributed by atoms with Crippen LogP contribution in [0.5, 0.6) is 0 Å². The van der Waals surface area contributed by atoms with E-state index < -0.39 is 0 Å². The second-order valence-electron chi connectivity index (χ2n) is 6.23. The van der Waals surface area contributed by atoms with Gasteiger partial charge in [-0.05, 0) is 40.5 Å². The molecule has 1 aromatic heterocycles. The summed E-state index contributed by atoms with van der Waals surface area (Å²) in [5, 5.41) is 4.77. The summed E-state index contributed by atoms with van der Waals surface area (Å²) in [4.78, 5) is 2.53. The van der Waals surface area contributed by atoms with Gasteiger partial charge in [0.05, 0.1) is 17.8 Å². The molecule has 88 valence electrons. The van der Waals surface area contributed by atoms with Crippen LogP contribution >= 0.6 is 0 Å². The normalized spacial score (nSPS) is 26.1. The summed E-state index contributed by atoms with van der Waals surface area (Å²) in [6.45, 7) is 10.2. The van der Waals surface area contributed by atoms with Gasteiger partial charge in [-0.2, -0.15) is 5.10 Å². The van der Waals surface area contributed by atoms with Crippen LogP contribution in [0, 0.1) is 0 Å². The van der Waals surface area contributed by atoms with Crippen LogP contribution in [-0.4, -0.2) is 20.2 Å². The molecular weight excluding hydrogens is 198 g/mol. The molecule has 0 bridgehead atoms. The Morgan fingerprint density at radius 3 is 2.50 bits per heavy atom. The van der Waals surface area contributed by atoms with E-state index in [9.17, 15) is 0 Å². The molecule has 0 radical (unpaired) electrons. The highest BCUT2D eigenvalue weighted by Gasteiger charge is 2.37. The third-order valence-electron chi connectivity index (χ3n) is 3.83. The minimum absolute atomic E-state index is 0.234. The van der Waals surface area contributed by atoms with Crippen molar-refractivity contribution in [2.75, 3.05) is 0 Å². The molecule has 0 amide bonds. The molecule has 0 spiro atoms. The van der Waals surface area contributed by atoms with E-state index in [-0.39, 0.29) is 5.54 Å². The van der Waals surface area contributed by atoms with Crippen LogP contribution in [-0.2, 0) is 6.54 Å². The van der Waals surface area contributed by atoms with Crippen LogP contribution < -0.4 is 0 Å². The first-order valence-electron chi connectivity index (χ1n) is 6.31. The van der Waals surface area contributed by atoms with Gasteiger partial charge >= 0.3 is 0 Å². The molecule has 1 atom stereocenters. The quantitative estimate of drug-likeness (QED) is 0.724. The van der Waals surface area contributed by atoms with E-state index in [2.05, 4.69) is 43.5 Å². The summed E-state index contributed by atoms with van der Waals surface area (Å²) in [6, 6.07) is 1.18. The summed E-state index contributed by atoms with van der Waals surface area (Å²) < 4.78 is 2.20. The SMILES string of the molecule is C[C@H]1c2nn(C3CC3)cc2CN1C(C)(C)C. The zero-order chi connectivity index (χ0) is 11.5. The summed E-state index contributed by atoms with van der Waals surface area (Å²) in [5.74, 6) is 0. The first-order valence-corrected chi connectivity index (χ1v) is 6.31. The second kappa shape index (κ2) is 3.10. The zero-order valence-electron chi connectivity index (χ0n) is 10.7. The summed E-state index contributed by atoms with van der Waals surface area (Å²) in [6.07, 6.45) is 4.91. The van der Waals surface area contributed by atoms with E-state index in [0.717, 1.165) is 6.54 Å². The molecule has 1 aliphatic heterocycles. The molecule has 1 aromatic rings. The van der Waals surface area contributed by atoms with E-state index >= 15 is 0 Å². The van der Waals surface area contributed by atoms with Crippen molar-refractivity contribution < 1.29 is 0 Å². The Kier molecular flexibility index (Phi) is 2.00.